The molecular formula is C14H18F2O. The predicted octanol–water partition coefficient (Wildman–Crippen LogP) is 4.05. The fraction of sp³-hybridized carbons (Fsp3) is 0.571. The lowest BCUT2D eigenvalue weighted by atomic mass is 9.81. The second kappa shape index (κ2) is 4.28. The van der Waals surface area contributed by atoms with Gasteiger partial charge in [0, 0.05) is 23.1 Å². The highest BCUT2D eigenvalue weighted by molar-refractivity contribution is 5.45. The molecule has 1 aliphatic carbocycles. The van der Waals surface area contributed by atoms with Gasteiger partial charge in [-0.25, -0.2) is 8.78 Å². The molecular weight excluding hydrogens is 222 g/mol. The van der Waals surface area contributed by atoms with Gasteiger partial charge >= 0.3 is 0 Å². The molecule has 1 unspecified atom stereocenters. The molecule has 0 spiro atoms. The summed E-state index contributed by atoms with van der Waals surface area (Å²) in [6.45, 7) is 4.22. The number of rotatable bonds is 4. The molecule has 1 aromatic carbocycles. The van der Waals surface area contributed by atoms with E-state index in [4.69, 9.17) is 4.74 Å². The van der Waals surface area contributed by atoms with Crippen molar-refractivity contribution in [1.29, 1.82) is 0 Å². The fourth-order valence-corrected chi connectivity index (χ4v) is 2.71. The van der Waals surface area contributed by atoms with E-state index < -0.39 is 11.6 Å². The molecule has 0 radical (unpaired) electrons. The van der Waals surface area contributed by atoms with Gasteiger partial charge in [-0.05, 0) is 18.8 Å². The maximum atomic E-state index is 14.0. The molecule has 1 nitrogen and oxygen atoms in total. The summed E-state index contributed by atoms with van der Waals surface area (Å²) in [5.41, 5.74) is 0.425. The lowest BCUT2D eigenvalue weighted by Crippen LogP contribution is -2.20. The first-order chi connectivity index (χ1) is 8.05. The van der Waals surface area contributed by atoms with Crippen LogP contribution in [0.1, 0.15) is 38.7 Å². The SMILES string of the molecule is CCC(C)C1(c2c(F)cc(F)cc2OC)CC1. The smallest absolute Gasteiger partial charge is 0.133 e. The third kappa shape index (κ3) is 1.92. The van der Waals surface area contributed by atoms with E-state index in [1.165, 1.54) is 13.2 Å². The highest BCUT2D eigenvalue weighted by atomic mass is 19.1. The lowest BCUT2D eigenvalue weighted by Gasteiger charge is -2.25. The van der Waals surface area contributed by atoms with E-state index in [-0.39, 0.29) is 5.41 Å². The summed E-state index contributed by atoms with van der Waals surface area (Å²) in [6.07, 6.45) is 2.90. The maximum Gasteiger partial charge on any atom is 0.133 e. The summed E-state index contributed by atoms with van der Waals surface area (Å²) < 4.78 is 32.3. The zero-order valence-electron chi connectivity index (χ0n) is 10.5. The highest BCUT2D eigenvalue weighted by Crippen LogP contribution is 2.58. The van der Waals surface area contributed by atoms with Crippen molar-refractivity contribution in [2.24, 2.45) is 5.92 Å². The molecule has 0 aromatic heterocycles. The number of methoxy groups -OCH3 is 1. The van der Waals surface area contributed by atoms with Crippen LogP contribution in [0.15, 0.2) is 12.1 Å². The molecule has 94 valence electrons. The Labute approximate surface area is 101 Å². The van der Waals surface area contributed by atoms with Gasteiger partial charge in [0.25, 0.3) is 0 Å². The average Bonchev–Trinajstić information content (AvgIpc) is 3.08. The van der Waals surface area contributed by atoms with Crippen molar-refractivity contribution in [2.45, 2.75) is 38.5 Å². The first-order valence-corrected chi connectivity index (χ1v) is 6.08. The van der Waals surface area contributed by atoms with Crippen molar-refractivity contribution in [3.63, 3.8) is 0 Å². The maximum absolute atomic E-state index is 14.0. The zero-order valence-corrected chi connectivity index (χ0v) is 10.5. The fourth-order valence-electron chi connectivity index (χ4n) is 2.71. The summed E-state index contributed by atoms with van der Waals surface area (Å²) in [5.74, 6) is -0.320. The average molecular weight is 240 g/mol. The molecule has 0 amide bonds. The van der Waals surface area contributed by atoms with Crippen molar-refractivity contribution >= 4 is 0 Å². The molecule has 1 aliphatic rings. The van der Waals surface area contributed by atoms with E-state index >= 15 is 0 Å². The number of halogens is 2. The Morgan fingerprint density at radius 3 is 2.47 bits per heavy atom. The van der Waals surface area contributed by atoms with Gasteiger partial charge in [-0.15, -0.1) is 0 Å². The first kappa shape index (κ1) is 12.3. The van der Waals surface area contributed by atoms with Crippen LogP contribution in [-0.4, -0.2) is 7.11 Å². The Morgan fingerprint density at radius 1 is 1.35 bits per heavy atom. The number of benzene rings is 1. The first-order valence-electron chi connectivity index (χ1n) is 6.08. The molecule has 2 rings (SSSR count). The van der Waals surface area contributed by atoms with E-state index in [2.05, 4.69) is 13.8 Å². The van der Waals surface area contributed by atoms with Crippen LogP contribution < -0.4 is 4.74 Å². The molecule has 0 aliphatic heterocycles. The van der Waals surface area contributed by atoms with Crippen molar-refractivity contribution in [2.75, 3.05) is 7.11 Å². The summed E-state index contributed by atoms with van der Waals surface area (Å²) in [5, 5.41) is 0. The minimum absolute atomic E-state index is 0.141. The van der Waals surface area contributed by atoms with Crippen molar-refractivity contribution in [3.8, 4) is 5.75 Å². The largest absolute Gasteiger partial charge is 0.496 e. The van der Waals surface area contributed by atoms with Crippen LogP contribution in [0, 0.1) is 17.6 Å². The van der Waals surface area contributed by atoms with Gasteiger partial charge in [-0.3, -0.25) is 0 Å². The molecule has 1 fully saturated rings. The highest BCUT2D eigenvalue weighted by Gasteiger charge is 2.51. The van der Waals surface area contributed by atoms with Crippen molar-refractivity contribution in [3.05, 3.63) is 29.3 Å². The molecule has 0 bridgehead atoms. The van der Waals surface area contributed by atoms with Crippen LogP contribution in [-0.2, 0) is 5.41 Å². The summed E-state index contributed by atoms with van der Waals surface area (Å²) in [4.78, 5) is 0. The van der Waals surface area contributed by atoms with Gasteiger partial charge < -0.3 is 4.74 Å². The zero-order chi connectivity index (χ0) is 12.6. The van der Waals surface area contributed by atoms with E-state index in [9.17, 15) is 8.78 Å². The molecule has 1 saturated carbocycles. The molecule has 1 aromatic rings. The lowest BCUT2D eigenvalue weighted by molar-refractivity contribution is 0.360. The molecule has 1 atom stereocenters. The second-order valence-corrected chi connectivity index (χ2v) is 4.93. The number of hydrogen-bond acceptors (Lipinski definition) is 1. The van der Waals surface area contributed by atoms with Gasteiger partial charge in [0.15, 0.2) is 0 Å². The van der Waals surface area contributed by atoms with E-state index in [1.54, 1.807) is 0 Å². The van der Waals surface area contributed by atoms with Crippen molar-refractivity contribution in [1.82, 2.24) is 0 Å². The predicted molar refractivity (Wildman–Crippen MR) is 63.3 cm³/mol. The molecule has 3 heteroatoms. The molecule has 0 saturated heterocycles. The van der Waals surface area contributed by atoms with Gasteiger partial charge in [-0.1, -0.05) is 20.3 Å². The monoisotopic (exact) mass is 240 g/mol. The second-order valence-electron chi connectivity index (χ2n) is 4.93. The van der Waals surface area contributed by atoms with E-state index in [1.807, 2.05) is 0 Å². The minimum atomic E-state index is -0.581. The summed E-state index contributed by atoms with van der Waals surface area (Å²) in [6, 6.07) is 2.24. The van der Waals surface area contributed by atoms with Crippen LogP contribution in [0.2, 0.25) is 0 Å². The van der Waals surface area contributed by atoms with Gasteiger partial charge in [0.2, 0.25) is 0 Å². The van der Waals surface area contributed by atoms with Gasteiger partial charge in [0.1, 0.15) is 17.4 Å². The quantitative estimate of drug-likeness (QED) is 0.771. The summed E-state index contributed by atoms with van der Waals surface area (Å²) in [7, 11) is 1.46. The Bertz CT molecular complexity index is 424. The van der Waals surface area contributed by atoms with Crippen LogP contribution in [0.3, 0.4) is 0 Å². The Balaban J connectivity index is 2.52. The van der Waals surface area contributed by atoms with Gasteiger partial charge in [-0.2, -0.15) is 0 Å². The van der Waals surface area contributed by atoms with E-state index in [0.29, 0.717) is 17.2 Å². The Kier molecular flexibility index (Phi) is 3.11. The van der Waals surface area contributed by atoms with Crippen molar-refractivity contribution < 1.29 is 13.5 Å². The Hall–Kier alpha value is -1.12. The number of hydrogen-bond donors (Lipinski definition) is 0. The molecule has 17 heavy (non-hydrogen) atoms. The standard InChI is InChI=1S/C14H18F2O/c1-4-9(2)14(5-6-14)13-11(16)7-10(15)8-12(13)17-3/h7-9H,4-6H2,1-3H3. The molecule has 0 heterocycles. The van der Waals surface area contributed by atoms with Crippen LogP contribution in [0.4, 0.5) is 8.78 Å². The normalized spacial score (nSPS) is 18.9. The number of ether oxygens (including phenoxy) is 1. The third-order valence-electron chi connectivity index (χ3n) is 4.08. The molecule has 0 N–H and O–H groups in total. The topological polar surface area (TPSA) is 9.23 Å². The third-order valence-corrected chi connectivity index (χ3v) is 4.08. The van der Waals surface area contributed by atoms with Crippen LogP contribution in [0.25, 0.3) is 0 Å². The van der Waals surface area contributed by atoms with Crippen LogP contribution >= 0.6 is 0 Å². The minimum Gasteiger partial charge on any atom is -0.496 e. The van der Waals surface area contributed by atoms with Crippen LogP contribution in [0.5, 0.6) is 5.75 Å². The Morgan fingerprint density at radius 2 is 2.00 bits per heavy atom. The summed E-state index contributed by atoms with van der Waals surface area (Å²) >= 11 is 0. The van der Waals surface area contributed by atoms with Gasteiger partial charge in [0.05, 0.1) is 7.11 Å². The van der Waals surface area contributed by atoms with E-state index in [0.717, 1.165) is 25.3 Å².